The number of nitrogens with zero attached hydrogens (tertiary/aromatic N) is 3. The standard InChI is InChI=1S/C20H16F3N5O2S/c21-20(22,23)13-8-4-5-9-14(13)24-17(30)15-10-16(29)25-18-26-19(27-28(15)18)31-11-12-6-2-1-3-7-12/h1-9,15H,10-11H2,(H,24,30)(H,25,26,27,29)/t15-/m1/s1. The summed E-state index contributed by atoms with van der Waals surface area (Å²) in [6.45, 7) is 0. The Labute approximate surface area is 179 Å². The molecule has 1 aromatic heterocycles. The highest BCUT2D eigenvalue weighted by molar-refractivity contribution is 7.98. The van der Waals surface area contributed by atoms with Crippen molar-refractivity contribution in [1.82, 2.24) is 14.8 Å². The van der Waals surface area contributed by atoms with Crippen LogP contribution in [0.1, 0.15) is 23.6 Å². The van der Waals surface area contributed by atoms with Crippen LogP contribution in [0.25, 0.3) is 0 Å². The summed E-state index contributed by atoms with van der Waals surface area (Å²) in [6.07, 6.45) is -4.90. The predicted octanol–water partition coefficient (Wildman–Crippen LogP) is 4.11. The summed E-state index contributed by atoms with van der Waals surface area (Å²) in [5.41, 5.74) is -0.310. The molecule has 0 saturated heterocycles. The molecule has 11 heteroatoms. The molecule has 1 atom stereocenters. The molecule has 0 saturated carbocycles. The van der Waals surface area contributed by atoms with Gasteiger partial charge in [0, 0.05) is 5.75 Å². The Morgan fingerprint density at radius 3 is 2.61 bits per heavy atom. The van der Waals surface area contributed by atoms with Crippen LogP contribution in [-0.2, 0) is 21.5 Å². The van der Waals surface area contributed by atoms with Gasteiger partial charge in [0.2, 0.25) is 22.9 Å². The van der Waals surface area contributed by atoms with Gasteiger partial charge >= 0.3 is 6.18 Å². The average Bonchev–Trinajstić information content (AvgIpc) is 3.14. The van der Waals surface area contributed by atoms with Gasteiger partial charge in [0.1, 0.15) is 6.04 Å². The lowest BCUT2D eigenvalue weighted by Gasteiger charge is -2.23. The fourth-order valence-electron chi connectivity index (χ4n) is 3.09. The highest BCUT2D eigenvalue weighted by Crippen LogP contribution is 2.35. The summed E-state index contributed by atoms with van der Waals surface area (Å²) in [6, 6.07) is 13.1. The van der Waals surface area contributed by atoms with E-state index in [0.29, 0.717) is 10.9 Å². The number of para-hydroxylation sites is 1. The molecule has 7 nitrogen and oxygen atoms in total. The van der Waals surface area contributed by atoms with E-state index in [1.54, 1.807) is 0 Å². The number of thioether (sulfide) groups is 1. The van der Waals surface area contributed by atoms with Crippen molar-refractivity contribution in [2.45, 2.75) is 29.5 Å². The Morgan fingerprint density at radius 1 is 1.16 bits per heavy atom. The van der Waals surface area contributed by atoms with Crippen LogP contribution < -0.4 is 10.6 Å². The van der Waals surface area contributed by atoms with Gasteiger partial charge in [-0.15, -0.1) is 5.10 Å². The Balaban J connectivity index is 1.55. The van der Waals surface area contributed by atoms with Crippen LogP contribution in [0, 0.1) is 0 Å². The van der Waals surface area contributed by atoms with Crippen LogP contribution in [0.15, 0.2) is 59.8 Å². The van der Waals surface area contributed by atoms with Crippen molar-refractivity contribution in [3.05, 3.63) is 65.7 Å². The number of amides is 2. The number of alkyl halides is 3. The van der Waals surface area contributed by atoms with Crippen LogP contribution in [0.2, 0.25) is 0 Å². The summed E-state index contributed by atoms with van der Waals surface area (Å²) in [7, 11) is 0. The van der Waals surface area contributed by atoms with E-state index in [1.807, 2.05) is 30.3 Å². The maximum Gasteiger partial charge on any atom is 0.418 e. The molecule has 2 N–H and O–H groups in total. The molecular weight excluding hydrogens is 431 g/mol. The van der Waals surface area contributed by atoms with E-state index in [0.717, 1.165) is 17.7 Å². The van der Waals surface area contributed by atoms with Crippen molar-refractivity contribution in [1.29, 1.82) is 0 Å². The zero-order valence-corrected chi connectivity index (χ0v) is 16.7. The number of nitrogens with one attached hydrogen (secondary N) is 2. The lowest BCUT2D eigenvalue weighted by Crippen LogP contribution is -2.36. The van der Waals surface area contributed by atoms with Crippen LogP contribution in [0.4, 0.5) is 24.8 Å². The largest absolute Gasteiger partial charge is 0.418 e. The maximum absolute atomic E-state index is 13.2. The van der Waals surface area contributed by atoms with Crippen molar-refractivity contribution in [3.63, 3.8) is 0 Å². The molecule has 3 aromatic rings. The smallest absolute Gasteiger partial charge is 0.324 e. The topological polar surface area (TPSA) is 88.9 Å². The number of fused-ring (bicyclic) bond motifs is 1. The van der Waals surface area contributed by atoms with Gasteiger partial charge in [-0.2, -0.15) is 18.2 Å². The maximum atomic E-state index is 13.2. The fraction of sp³-hybridized carbons (Fsp3) is 0.200. The molecule has 4 rings (SSSR count). The first-order valence-corrected chi connectivity index (χ1v) is 10.2. The molecule has 1 aliphatic rings. The van der Waals surface area contributed by atoms with Crippen LogP contribution in [0.5, 0.6) is 0 Å². The molecule has 2 amide bonds. The number of anilines is 2. The van der Waals surface area contributed by atoms with E-state index in [9.17, 15) is 22.8 Å². The average molecular weight is 447 g/mol. The SMILES string of the molecule is O=C1C[C@H](C(=O)Nc2ccccc2C(F)(F)F)n2nc(SCc3ccccc3)nc2N1. The minimum Gasteiger partial charge on any atom is -0.324 e. The van der Waals surface area contributed by atoms with Crippen LogP contribution >= 0.6 is 11.8 Å². The van der Waals surface area contributed by atoms with E-state index in [1.165, 1.54) is 28.6 Å². The van der Waals surface area contributed by atoms with Gasteiger partial charge in [0.25, 0.3) is 0 Å². The zero-order valence-electron chi connectivity index (χ0n) is 15.9. The van der Waals surface area contributed by atoms with Crippen molar-refractivity contribution in [2.75, 3.05) is 10.6 Å². The summed E-state index contributed by atoms with van der Waals surface area (Å²) in [4.78, 5) is 29.1. The number of carbonyl (C=O) groups excluding carboxylic acids is 2. The second kappa shape index (κ2) is 8.42. The normalized spacial score (nSPS) is 15.8. The molecule has 2 heterocycles. The van der Waals surface area contributed by atoms with Crippen LogP contribution in [-0.4, -0.2) is 26.6 Å². The molecular formula is C20H16F3N5O2S. The molecule has 1 aliphatic heterocycles. The summed E-state index contributed by atoms with van der Waals surface area (Å²) < 4.78 is 40.9. The Morgan fingerprint density at radius 2 is 1.87 bits per heavy atom. The highest BCUT2D eigenvalue weighted by Gasteiger charge is 2.36. The molecule has 0 aliphatic carbocycles. The molecule has 0 spiro atoms. The summed E-state index contributed by atoms with van der Waals surface area (Å²) in [5.74, 6) is -0.592. The molecule has 0 unspecified atom stereocenters. The number of aromatic nitrogens is 3. The lowest BCUT2D eigenvalue weighted by molar-refractivity contribution is -0.137. The van der Waals surface area contributed by atoms with E-state index >= 15 is 0 Å². The number of hydrogen-bond acceptors (Lipinski definition) is 5. The zero-order chi connectivity index (χ0) is 22.0. The van der Waals surface area contributed by atoms with Crippen molar-refractivity contribution in [3.8, 4) is 0 Å². The number of halogens is 3. The molecule has 2 aromatic carbocycles. The third-order valence-electron chi connectivity index (χ3n) is 4.54. The Kier molecular flexibility index (Phi) is 5.68. The molecule has 0 fully saturated rings. The van der Waals surface area contributed by atoms with Crippen molar-refractivity contribution in [2.24, 2.45) is 0 Å². The monoisotopic (exact) mass is 447 g/mol. The number of rotatable bonds is 5. The van der Waals surface area contributed by atoms with Gasteiger partial charge in [-0.05, 0) is 17.7 Å². The van der Waals surface area contributed by atoms with Gasteiger partial charge in [-0.25, -0.2) is 4.68 Å². The first-order valence-electron chi connectivity index (χ1n) is 9.21. The minimum absolute atomic E-state index is 0.0797. The molecule has 31 heavy (non-hydrogen) atoms. The lowest BCUT2D eigenvalue weighted by atomic mass is 10.1. The Bertz CT molecular complexity index is 1120. The number of hydrogen-bond donors (Lipinski definition) is 2. The van der Waals surface area contributed by atoms with E-state index < -0.39 is 29.6 Å². The number of benzene rings is 2. The van der Waals surface area contributed by atoms with Crippen LogP contribution in [0.3, 0.4) is 0 Å². The Hall–Kier alpha value is -3.34. The second-order valence-electron chi connectivity index (χ2n) is 6.74. The third kappa shape index (κ3) is 4.71. The first-order chi connectivity index (χ1) is 14.8. The molecule has 0 bridgehead atoms. The number of carbonyl (C=O) groups is 2. The predicted molar refractivity (Wildman–Crippen MR) is 108 cm³/mol. The van der Waals surface area contributed by atoms with Gasteiger partial charge in [-0.1, -0.05) is 54.2 Å². The van der Waals surface area contributed by atoms with Gasteiger partial charge in [0.15, 0.2) is 0 Å². The summed E-state index contributed by atoms with van der Waals surface area (Å²) >= 11 is 1.32. The van der Waals surface area contributed by atoms with Gasteiger partial charge in [0.05, 0.1) is 17.7 Å². The first kappa shape index (κ1) is 20.9. The fourth-order valence-corrected chi connectivity index (χ4v) is 3.87. The van der Waals surface area contributed by atoms with Gasteiger partial charge in [-0.3, -0.25) is 14.9 Å². The highest BCUT2D eigenvalue weighted by atomic mass is 32.2. The quantitative estimate of drug-likeness (QED) is 0.575. The second-order valence-corrected chi connectivity index (χ2v) is 7.68. The molecule has 160 valence electrons. The van der Waals surface area contributed by atoms with Crippen molar-refractivity contribution < 1.29 is 22.8 Å². The van der Waals surface area contributed by atoms with E-state index in [4.69, 9.17) is 0 Å². The van der Waals surface area contributed by atoms with E-state index in [-0.39, 0.29) is 18.1 Å². The van der Waals surface area contributed by atoms with Crippen molar-refractivity contribution >= 4 is 35.2 Å². The third-order valence-corrected chi connectivity index (χ3v) is 5.45. The molecule has 0 radical (unpaired) electrons. The minimum atomic E-state index is -4.63. The summed E-state index contributed by atoms with van der Waals surface area (Å²) in [5, 5.41) is 9.45. The van der Waals surface area contributed by atoms with Gasteiger partial charge < -0.3 is 5.32 Å². The van der Waals surface area contributed by atoms with E-state index in [2.05, 4.69) is 20.7 Å².